The maximum absolute atomic E-state index is 12.1. The van der Waals surface area contributed by atoms with E-state index in [2.05, 4.69) is 18.5 Å². The molecule has 1 aromatic carbocycles. The summed E-state index contributed by atoms with van der Waals surface area (Å²) in [5.41, 5.74) is 15.0. The number of carbonyl (C=O) groups is 1. The molecule has 27 heavy (non-hydrogen) atoms. The molecule has 1 aliphatic heterocycles. The average molecular weight is 366 g/mol. The van der Waals surface area contributed by atoms with E-state index >= 15 is 0 Å². The number of para-hydroxylation sites is 1. The smallest absolute Gasteiger partial charge is 0.246 e. The van der Waals surface area contributed by atoms with E-state index in [9.17, 15) is 9.90 Å². The van der Waals surface area contributed by atoms with E-state index in [1.807, 2.05) is 17.0 Å². The van der Waals surface area contributed by atoms with E-state index in [-0.39, 0.29) is 23.6 Å². The molecular formula is C21H26N4O2. The molecule has 1 aliphatic rings. The lowest BCUT2D eigenvalue weighted by atomic mass is 9.90. The van der Waals surface area contributed by atoms with Gasteiger partial charge in [-0.05, 0) is 50.1 Å². The number of anilines is 1. The predicted octanol–water partition coefficient (Wildman–Crippen LogP) is 3.04. The Hall–Kier alpha value is -3.15. The third kappa shape index (κ3) is 3.84. The van der Waals surface area contributed by atoms with Crippen LogP contribution in [0.25, 0.3) is 11.8 Å². The Kier molecular flexibility index (Phi) is 5.26. The summed E-state index contributed by atoms with van der Waals surface area (Å²) in [7, 11) is 0. The maximum atomic E-state index is 12.1. The number of phenolic OH excluding ortho intramolecular Hbond substituents is 1. The molecule has 142 valence electrons. The van der Waals surface area contributed by atoms with Crippen molar-refractivity contribution in [2.45, 2.75) is 31.7 Å². The SMILES string of the molecule is C=CC(=O)N1C[C@@H](c2cc(/C=C(\N)c3ccccc3O)c(N)[nH]2)CC[C@H]1C. The number of nitrogen functional groups attached to an aromatic ring is 1. The molecule has 0 spiro atoms. The Balaban J connectivity index is 1.84. The number of rotatable bonds is 4. The molecule has 3 rings (SSSR count). The van der Waals surface area contributed by atoms with Crippen LogP contribution >= 0.6 is 0 Å². The number of hydrogen-bond donors (Lipinski definition) is 4. The molecule has 1 saturated heterocycles. The monoisotopic (exact) mass is 366 g/mol. The summed E-state index contributed by atoms with van der Waals surface area (Å²) in [6, 6.07) is 9.09. The Morgan fingerprint density at radius 2 is 2.11 bits per heavy atom. The lowest BCUT2D eigenvalue weighted by Gasteiger charge is -2.37. The number of aromatic hydroxyl groups is 1. The fourth-order valence-electron chi connectivity index (χ4n) is 3.60. The minimum absolute atomic E-state index is 0.0457. The number of nitrogens with one attached hydrogen (secondary N) is 1. The number of phenols is 1. The van der Waals surface area contributed by atoms with Crippen LogP contribution in [0.4, 0.5) is 5.82 Å². The van der Waals surface area contributed by atoms with Crippen molar-refractivity contribution >= 4 is 23.5 Å². The van der Waals surface area contributed by atoms with Crippen molar-refractivity contribution in [1.82, 2.24) is 9.88 Å². The summed E-state index contributed by atoms with van der Waals surface area (Å²) >= 11 is 0. The van der Waals surface area contributed by atoms with Crippen LogP contribution < -0.4 is 11.5 Å². The number of carbonyl (C=O) groups excluding carboxylic acids is 1. The lowest BCUT2D eigenvalue weighted by molar-refractivity contribution is -0.129. The Morgan fingerprint density at radius 3 is 2.81 bits per heavy atom. The number of nitrogens with two attached hydrogens (primary N) is 2. The minimum atomic E-state index is -0.0457. The third-order valence-electron chi connectivity index (χ3n) is 5.21. The number of hydrogen-bond acceptors (Lipinski definition) is 4. The number of aromatic nitrogens is 1. The largest absolute Gasteiger partial charge is 0.507 e. The zero-order chi connectivity index (χ0) is 19.6. The highest BCUT2D eigenvalue weighted by Gasteiger charge is 2.29. The molecule has 0 saturated carbocycles. The van der Waals surface area contributed by atoms with Crippen LogP contribution in [0.1, 0.15) is 42.5 Å². The van der Waals surface area contributed by atoms with Crippen LogP contribution in [0.15, 0.2) is 43.0 Å². The predicted molar refractivity (Wildman–Crippen MR) is 109 cm³/mol. The topological polar surface area (TPSA) is 108 Å². The molecule has 6 N–H and O–H groups in total. The fraction of sp³-hybridized carbons (Fsp3) is 0.286. The van der Waals surface area contributed by atoms with Crippen molar-refractivity contribution in [2.75, 3.05) is 12.3 Å². The number of benzene rings is 1. The number of aromatic amines is 1. The normalized spacial score (nSPS) is 20.5. The quantitative estimate of drug-likeness (QED) is 0.624. The molecule has 0 radical (unpaired) electrons. The first-order valence-electron chi connectivity index (χ1n) is 9.07. The van der Waals surface area contributed by atoms with Gasteiger partial charge < -0.3 is 26.5 Å². The second-order valence-corrected chi connectivity index (χ2v) is 7.03. The molecule has 2 heterocycles. The molecule has 1 fully saturated rings. The standard InChI is InChI=1S/C21H26N4O2/c1-3-20(27)25-12-14(9-8-13(25)2)18-11-15(21(23)24-18)10-17(22)16-6-4-5-7-19(16)26/h3-7,10-11,13-14,24,26H,1,8-9,12,22-23H2,2H3/b17-10-/t13-,14+/m1/s1. The molecule has 0 unspecified atom stereocenters. The zero-order valence-corrected chi connectivity index (χ0v) is 15.5. The van der Waals surface area contributed by atoms with Gasteiger partial charge in [0.05, 0.1) is 0 Å². The van der Waals surface area contributed by atoms with Gasteiger partial charge in [-0.2, -0.15) is 0 Å². The summed E-state index contributed by atoms with van der Waals surface area (Å²) in [4.78, 5) is 17.2. The van der Waals surface area contributed by atoms with Crippen molar-refractivity contribution in [1.29, 1.82) is 0 Å². The molecule has 1 aromatic heterocycles. The second kappa shape index (κ2) is 7.61. The van der Waals surface area contributed by atoms with Gasteiger partial charge in [-0.15, -0.1) is 0 Å². The molecule has 0 aliphatic carbocycles. The fourth-order valence-corrected chi connectivity index (χ4v) is 3.60. The molecule has 2 aromatic rings. The molecule has 6 heteroatoms. The van der Waals surface area contributed by atoms with Gasteiger partial charge >= 0.3 is 0 Å². The van der Waals surface area contributed by atoms with Crippen molar-refractivity contribution in [3.8, 4) is 5.75 Å². The van der Waals surface area contributed by atoms with E-state index in [0.717, 1.165) is 24.1 Å². The average Bonchev–Trinajstić information content (AvgIpc) is 3.02. The number of H-pyrrole nitrogens is 1. The Bertz CT molecular complexity index is 884. The van der Waals surface area contributed by atoms with Gasteiger partial charge in [-0.3, -0.25) is 4.79 Å². The maximum Gasteiger partial charge on any atom is 0.246 e. The lowest BCUT2D eigenvalue weighted by Crippen LogP contribution is -2.44. The van der Waals surface area contributed by atoms with Gasteiger partial charge in [0.1, 0.15) is 11.6 Å². The van der Waals surface area contributed by atoms with Gasteiger partial charge in [-0.1, -0.05) is 18.7 Å². The first-order chi connectivity index (χ1) is 12.9. The summed E-state index contributed by atoms with van der Waals surface area (Å²) in [6.07, 6.45) is 5.01. The first-order valence-corrected chi connectivity index (χ1v) is 9.07. The highest BCUT2D eigenvalue weighted by atomic mass is 16.3. The Morgan fingerprint density at radius 1 is 1.37 bits per heavy atom. The van der Waals surface area contributed by atoms with Crippen LogP contribution in [-0.4, -0.2) is 33.5 Å². The summed E-state index contributed by atoms with van der Waals surface area (Å²) < 4.78 is 0. The van der Waals surface area contributed by atoms with Crippen LogP contribution in [0, 0.1) is 0 Å². The van der Waals surface area contributed by atoms with Crippen molar-refractivity contribution in [3.05, 3.63) is 59.8 Å². The molecule has 0 bridgehead atoms. The molecular weight excluding hydrogens is 340 g/mol. The highest BCUT2D eigenvalue weighted by Crippen LogP contribution is 2.32. The van der Waals surface area contributed by atoms with Crippen LogP contribution in [0.2, 0.25) is 0 Å². The first kappa shape index (κ1) is 18.6. The van der Waals surface area contributed by atoms with E-state index in [1.54, 1.807) is 24.3 Å². The van der Waals surface area contributed by atoms with Gasteiger partial charge in [0.25, 0.3) is 0 Å². The number of likely N-dealkylation sites (tertiary alicyclic amines) is 1. The van der Waals surface area contributed by atoms with Crippen LogP contribution in [0.3, 0.4) is 0 Å². The van der Waals surface area contributed by atoms with E-state index in [4.69, 9.17) is 11.5 Å². The van der Waals surface area contributed by atoms with Crippen molar-refractivity contribution < 1.29 is 9.90 Å². The van der Waals surface area contributed by atoms with Crippen molar-refractivity contribution in [2.24, 2.45) is 5.73 Å². The minimum Gasteiger partial charge on any atom is -0.507 e. The van der Waals surface area contributed by atoms with Gasteiger partial charge in [-0.25, -0.2) is 0 Å². The van der Waals surface area contributed by atoms with Crippen LogP contribution in [-0.2, 0) is 4.79 Å². The summed E-state index contributed by atoms with van der Waals surface area (Å²) in [5.74, 6) is 0.778. The van der Waals surface area contributed by atoms with Gasteiger partial charge in [0.15, 0.2) is 0 Å². The molecule has 1 amide bonds. The Labute approximate surface area is 159 Å². The van der Waals surface area contributed by atoms with E-state index in [1.165, 1.54) is 6.08 Å². The number of amides is 1. The van der Waals surface area contributed by atoms with Gasteiger partial charge in [0, 0.05) is 41.0 Å². The van der Waals surface area contributed by atoms with Gasteiger partial charge in [0.2, 0.25) is 5.91 Å². The summed E-state index contributed by atoms with van der Waals surface area (Å²) in [5, 5.41) is 9.96. The van der Waals surface area contributed by atoms with Crippen LogP contribution in [0.5, 0.6) is 5.75 Å². The highest BCUT2D eigenvalue weighted by molar-refractivity contribution is 5.87. The number of piperidine rings is 1. The third-order valence-corrected chi connectivity index (χ3v) is 5.21. The van der Waals surface area contributed by atoms with E-state index < -0.39 is 0 Å². The summed E-state index contributed by atoms with van der Waals surface area (Å²) in [6.45, 7) is 6.28. The second-order valence-electron chi connectivity index (χ2n) is 7.03. The zero-order valence-electron chi connectivity index (χ0n) is 15.5. The van der Waals surface area contributed by atoms with Crippen molar-refractivity contribution in [3.63, 3.8) is 0 Å². The molecule has 6 nitrogen and oxygen atoms in total. The molecule has 2 atom stereocenters. The number of nitrogens with zero attached hydrogens (tertiary/aromatic N) is 1. The van der Waals surface area contributed by atoms with E-state index in [0.29, 0.717) is 23.6 Å².